The van der Waals surface area contributed by atoms with Crippen molar-refractivity contribution in [1.29, 1.82) is 0 Å². The first-order valence-corrected chi connectivity index (χ1v) is 5.20. The van der Waals surface area contributed by atoms with Crippen molar-refractivity contribution in [1.82, 2.24) is 0 Å². The third kappa shape index (κ3) is 3.13. The molecule has 0 aliphatic carbocycles. The minimum atomic E-state index is -0.144. The summed E-state index contributed by atoms with van der Waals surface area (Å²) in [4.78, 5) is 0. The van der Waals surface area contributed by atoms with Crippen molar-refractivity contribution in [2.24, 2.45) is 0 Å². The second kappa shape index (κ2) is 4.53. The molecule has 1 aromatic carbocycles. The maximum Gasteiger partial charge on any atom is 0.0607 e. The fourth-order valence-corrected chi connectivity index (χ4v) is 1.54. The molecule has 1 aromatic rings. The molecule has 3 nitrogen and oxygen atoms in total. The summed E-state index contributed by atoms with van der Waals surface area (Å²) in [6.07, 6.45) is 0.695. The highest BCUT2D eigenvalue weighted by atomic mass is 16.3. The van der Waals surface area contributed by atoms with Gasteiger partial charge in [0.15, 0.2) is 0 Å². The lowest BCUT2D eigenvalue weighted by molar-refractivity contribution is 0.261. The Bertz CT molecular complexity index is 314. The summed E-state index contributed by atoms with van der Waals surface area (Å²) in [5.41, 5.74) is 8.60. The van der Waals surface area contributed by atoms with Gasteiger partial charge in [0.25, 0.3) is 0 Å². The van der Waals surface area contributed by atoms with Gasteiger partial charge in [-0.15, -0.1) is 0 Å². The van der Waals surface area contributed by atoms with Gasteiger partial charge < -0.3 is 16.2 Å². The molecule has 0 atom stereocenters. The van der Waals surface area contributed by atoms with Crippen LogP contribution in [0.3, 0.4) is 0 Å². The van der Waals surface area contributed by atoms with Gasteiger partial charge >= 0.3 is 0 Å². The van der Waals surface area contributed by atoms with Gasteiger partial charge in [-0.1, -0.05) is 12.1 Å². The lowest BCUT2D eigenvalue weighted by atomic mass is 9.99. The van der Waals surface area contributed by atoms with Crippen molar-refractivity contribution >= 4 is 11.4 Å². The minimum Gasteiger partial charge on any atom is -0.397 e. The van der Waals surface area contributed by atoms with Crippen molar-refractivity contribution in [3.05, 3.63) is 23.8 Å². The van der Waals surface area contributed by atoms with Gasteiger partial charge in [0.2, 0.25) is 0 Å². The molecule has 0 radical (unpaired) electrons. The summed E-state index contributed by atoms with van der Waals surface area (Å²) >= 11 is 0. The number of aliphatic hydroxyl groups is 1. The van der Waals surface area contributed by atoms with E-state index < -0.39 is 0 Å². The molecule has 0 unspecified atom stereocenters. The number of hydrogen-bond acceptors (Lipinski definition) is 3. The van der Waals surface area contributed by atoms with Crippen molar-refractivity contribution < 1.29 is 5.11 Å². The Balaban J connectivity index is 2.89. The number of hydrogen-bond donors (Lipinski definition) is 3. The van der Waals surface area contributed by atoms with Crippen LogP contribution < -0.4 is 11.1 Å². The maximum atomic E-state index is 8.95. The van der Waals surface area contributed by atoms with Gasteiger partial charge in [-0.05, 0) is 38.8 Å². The van der Waals surface area contributed by atoms with Crippen LogP contribution in [0.1, 0.15) is 25.8 Å². The van der Waals surface area contributed by atoms with E-state index in [1.54, 1.807) is 0 Å². The lowest BCUT2D eigenvalue weighted by Crippen LogP contribution is -2.32. The Morgan fingerprint density at radius 1 is 1.40 bits per heavy atom. The van der Waals surface area contributed by atoms with E-state index in [2.05, 4.69) is 19.2 Å². The molecule has 0 aliphatic rings. The van der Waals surface area contributed by atoms with Crippen molar-refractivity contribution in [3.63, 3.8) is 0 Å². The van der Waals surface area contributed by atoms with Crippen LogP contribution in [0.5, 0.6) is 0 Å². The molecule has 0 heterocycles. The predicted molar refractivity (Wildman–Crippen MR) is 65.0 cm³/mol. The first-order valence-electron chi connectivity index (χ1n) is 5.20. The van der Waals surface area contributed by atoms with Gasteiger partial charge in [-0.3, -0.25) is 0 Å². The fraction of sp³-hybridized carbons (Fsp3) is 0.500. The number of rotatable bonds is 4. The van der Waals surface area contributed by atoms with E-state index in [4.69, 9.17) is 10.8 Å². The smallest absolute Gasteiger partial charge is 0.0607 e. The largest absolute Gasteiger partial charge is 0.397 e. The summed E-state index contributed by atoms with van der Waals surface area (Å²) in [6, 6.07) is 5.84. The zero-order chi connectivity index (χ0) is 11.5. The van der Waals surface area contributed by atoms with E-state index in [-0.39, 0.29) is 12.1 Å². The summed E-state index contributed by atoms with van der Waals surface area (Å²) in [7, 11) is 0. The number of para-hydroxylation sites is 1. The number of aliphatic hydroxyl groups excluding tert-OH is 1. The second-order valence-corrected chi connectivity index (χ2v) is 4.52. The molecule has 0 aliphatic heterocycles. The number of anilines is 2. The quantitative estimate of drug-likeness (QED) is 0.664. The van der Waals surface area contributed by atoms with Gasteiger partial charge in [-0.2, -0.15) is 0 Å². The third-order valence-corrected chi connectivity index (χ3v) is 2.51. The predicted octanol–water partition coefficient (Wildman–Crippen LogP) is 2.15. The summed E-state index contributed by atoms with van der Waals surface area (Å²) in [5, 5.41) is 12.3. The van der Waals surface area contributed by atoms with Crippen LogP contribution in [0.25, 0.3) is 0 Å². The molecular weight excluding hydrogens is 188 g/mol. The van der Waals surface area contributed by atoms with Crippen molar-refractivity contribution in [3.8, 4) is 0 Å². The molecule has 84 valence electrons. The molecular formula is C12H20N2O. The van der Waals surface area contributed by atoms with Gasteiger partial charge in [0.05, 0.1) is 11.4 Å². The van der Waals surface area contributed by atoms with Gasteiger partial charge in [0, 0.05) is 12.1 Å². The van der Waals surface area contributed by atoms with Crippen LogP contribution >= 0.6 is 0 Å². The van der Waals surface area contributed by atoms with Gasteiger partial charge in [-0.25, -0.2) is 0 Å². The van der Waals surface area contributed by atoms with Crippen LogP contribution in [0.15, 0.2) is 18.2 Å². The highest BCUT2D eigenvalue weighted by Crippen LogP contribution is 2.27. The monoisotopic (exact) mass is 208 g/mol. The average molecular weight is 208 g/mol. The molecule has 0 fully saturated rings. The normalized spacial score (nSPS) is 11.5. The van der Waals surface area contributed by atoms with Crippen LogP contribution in [0, 0.1) is 6.92 Å². The molecule has 1 rings (SSSR count). The first kappa shape index (κ1) is 11.9. The molecule has 0 spiro atoms. The molecule has 15 heavy (non-hydrogen) atoms. The Kier molecular flexibility index (Phi) is 3.58. The third-order valence-electron chi connectivity index (χ3n) is 2.51. The van der Waals surface area contributed by atoms with Gasteiger partial charge in [0.1, 0.15) is 0 Å². The lowest BCUT2D eigenvalue weighted by Gasteiger charge is -2.28. The molecule has 4 N–H and O–H groups in total. The molecule has 0 saturated heterocycles. The van der Waals surface area contributed by atoms with E-state index in [1.165, 1.54) is 0 Å². The van der Waals surface area contributed by atoms with Crippen LogP contribution in [0.4, 0.5) is 11.4 Å². The van der Waals surface area contributed by atoms with Crippen LogP contribution in [-0.2, 0) is 0 Å². The number of nitrogens with one attached hydrogen (secondary N) is 1. The molecule has 0 saturated carbocycles. The van der Waals surface area contributed by atoms with E-state index in [0.29, 0.717) is 6.42 Å². The van der Waals surface area contributed by atoms with E-state index >= 15 is 0 Å². The minimum absolute atomic E-state index is 0.144. The SMILES string of the molecule is Cc1cccc(N)c1NC(C)(C)CCO. The first-order chi connectivity index (χ1) is 6.96. The fourth-order valence-electron chi connectivity index (χ4n) is 1.54. The Morgan fingerprint density at radius 2 is 2.07 bits per heavy atom. The van der Waals surface area contributed by atoms with E-state index in [1.807, 2.05) is 25.1 Å². The highest BCUT2D eigenvalue weighted by molar-refractivity contribution is 5.70. The summed E-state index contributed by atoms with van der Waals surface area (Å²) in [5.74, 6) is 0. The van der Waals surface area contributed by atoms with Crippen molar-refractivity contribution in [2.45, 2.75) is 32.7 Å². The number of benzene rings is 1. The molecule has 0 bridgehead atoms. The topological polar surface area (TPSA) is 58.3 Å². The molecule has 0 amide bonds. The second-order valence-electron chi connectivity index (χ2n) is 4.52. The number of nitrogen functional groups attached to an aromatic ring is 1. The van der Waals surface area contributed by atoms with Crippen LogP contribution in [-0.4, -0.2) is 17.3 Å². The summed E-state index contributed by atoms with van der Waals surface area (Å²) in [6.45, 7) is 6.30. The van der Waals surface area contributed by atoms with Crippen LogP contribution in [0.2, 0.25) is 0 Å². The average Bonchev–Trinajstić information content (AvgIpc) is 2.11. The van der Waals surface area contributed by atoms with E-state index in [9.17, 15) is 0 Å². The maximum absolute atomic E-state index is 8.95. The molecule has 3 heteroatoms. The highest BCUT2D eigenvalue weighted by Gasteiger charge is 2.18. The summed E-state index contributed by atoms with van der Waals surface area (Å²) < 4.78 is 0. The van der Waals surface area contributed by atoms with E-state index in [0.717, 1.165) is 16.9 Å². The Hall–Kier alpha value is -1.22. The Labute approximate surface area is 91.3 Å². The zero-order valence-corrected chi connectivity index (χ0v) is 9.67. The zero-order valence-electron chi connectivity index (χ0n) is 9.67. The number of aryl methyl sites for hydroxylation is 1. The van der Waals surface area contributed by atoms with Crippen molar-refractivity contribution in [2.75, 3.05) is 17.7 Å². The number of nitrogens with two attached hydrogens (primary N) is 1. The Morgan fingerprint density at radius 3 is 2.60 bits per heavy atom. The molecule has 0 aromatic heterocycles. The standard InChI is InChI=1S/C12H20N2O/c1-9-5-4-6-10(13)11(9)14-12(2,3)7-8-15/h4-6,14-15H,7-8,13H2,1-3H3.